The number of hydrogen-bond acceptors (Lipinski definition) is 5. The van der Waals surface area contributed by atoms with Crippen molar-refractivity contribution in [1.82, 2.24) is 14.9 Å². The molecule has 0 spiro atoms. The number of rotatable bonds is 6. The number of piperidine rings is 1. The number of pyridine rings is 1. The first kappa shape index (κ1) is 23.1. The lowest BCUT2D eigenvalue weighted by Crippen LogP contribution is -2.35. The number of carbonyl (C=O) groups is 2. The zero-order valence-electron chi connectivity index (χ0n) is 18.8. The van der Waals surface area contributed by atoms with Gasteiger partial charge in [0, 0.05) is 66.8 Å². The van der Waals surface area contributed by atoms with Crippen molar-refractivity contribution in [2.24, 2.45) is 0 Å². The van der Waals surface area contributed by atoms with Crippen LogP contribution in [0.3, 0.4) is 0 Å². The first-order chi connectivity index (χ1) is 17.1. The van der Waals surface area contributed by atoms with Gasteiger partial charge in [0.05, 0.1) is 4.34 Å². The van der Waals surface area contributed by atoms with Gasteiger partial charge in [-0.1, -0.05) is 29.0 Å². The van der Waals surface area contributed by atoms with E-state index in [4.69, 9.17) is 16.3 Å². The number of benzene rings is 1. The van der Waals surface area contributed by atoms with Crippen molar-refractivity contribution >= 4 is 40.6 Å². The van der Waals surface area contributed by atoms with E-state index < -0.39 is 6.09 Å². The summed E-state index contributed by atoms with van der Waals surface area (Å²) >= 11 is 7.10. The first-order valence-electron chi connectivity index (χ1n) is 11.3. The second-order valence-electron chi connectivity index (χ2n) is 8.17. The molecule has 7 nitrogen and oxygen atoms in total. The van der Waals surface area contributed by atoms with Crippen LogP contribution in [0.1, 0.15) is 24.8 Å². The summed E-state index contributed by atoms with van der Waals surface area (Å²) in [5.41, 5.74) is 4.67. The van der Waals surface area contributed by atoms with Crippen molar-refractivity contribution in [2.75, 3.05) is 11.4 Å². The van der Waals surface area contributed by atoms with Gasteiger partial charge in [-0.05, 0) is 60.9 Å². The van der Waals surface area contributed by atoms with Crippen LogP contribution in [0.15, 0.2) is 73.3 Å². The highest BCUT2D eigenvalue weighted by Gasteiger charge is 2.19. The number of halogens is 1. The van der Waals surface area contributed by atoms with E-state index in [2.05, 4.69) is 10.3 Å². The first-order valence-corrected chi connectivity index (χ1v) is 12.5. The van der Waals surface area contributed by atoms with E-state index in [0.29, 0.717) is 15.8 Å². The van der Waals surface area contributed by atoms with Crippen LogP contribution < -0.4 is 15.0 Å². The number of ether oxygens (including phenoxy) is 1. The van der Waals surface area contributed by atoms with Crippen LogP contribution in [-0.4, -0.2) is 28.1 Å². The Morgan fingerprint density at radius 3 is 2.63 bits per heavy atom. The van der Waals surface area contributed by atoms with Gasteiger partial charge in [-0.15, -0.1) is 0 Å². The average Bonchev–Trinajstić information content (AvgIpc) is 3.50. The largest absolute Gasteiger partial charge is 0.413 e. The predicted octanol–water partition coefficient (Wildman–Crippen LogP) is 6.06. The molecule has 1 fully saturated rings. The van der Waals surface area contributed by atoms with Gasteiger partial charge in [0.25, 0.3) is 0 Å². The third kappa shape index (κ3) is 5.39. The Bertz CT molecular complexity index is 1330. The van der Waals surface area contributed by atoms with Crippen LogP contribution in [0.5, 0.6) is 5.06 Å². The van der Waals surface area contributed by atoms with Gasteiger partial charge in [0.15, 0.2) is 5.06 Å². The van der Waals surface area contributed by atoms with Crippen LogP contribution in [-0.2, 0) is 11.3 Å². The fourth-order valence-corrected chi connectivity index (χ4v) is 4.97. The minimum absolute atomic E-state index is 0.175. The summed E-state index contributed by atoms with van der Waals surface area (Å²) in [6, 6.07) is 15.1. The molecule has 5 rings (SSSR count). The molecule has 0 atom stereocenters. The summed E-state index contributed by atoms with van der Waals surface area (Å²) in [6.45, 7) is 1.03. The van der Waals surface area contributed by atoms with Crippen molar-refractivity contribution in [1.29, 1.82) is 0 Å². The summed E-state index contributed by atoms with van der Waals surface area (Å²) in [5, 5.41) is 3.25. The van der Waals surface area contributed by atoms with E-state index >= 15 is 0 Å². The molecule has 1 saturated heterocycles. The smallest absolute Gasteiger partial charge is 0.399 e. The van der Waals surface area contributed by atoms with E-state index in [9.17, 15) is 9.59 Å². The molecule has 1 aliphatic heterocycles. The third-order valence-electron chi connectivity index (χ3n) is 5.83. The maximum atomic E-state index is 12.3. The second kappa shape index (κ2) is 10.3. The summed E-state index contributed by atoms with van der Waals surface area (Å²) in [5.74, 6) is 0.175. The maximum absolute atomic E-state index is 12.3. The highest BCUT2D eigenvalue weighted by Crippen LogP contribution is 2.29. The van der Waals surface area contributed by atoms with E-state index in [-0.39, 0.29) is 12.5 Å². The number of amides is 2. The SMILES string of the molecule is O=C(NCc1cn(-c2ccc(N3CCCCC3=O)cc2)cc1-c1cccnc1)Oc1ccc(Cl)s1. The Labute approximate surface area is 211 Å². The summed E-state index contributed by atoms with van der Waals surface area (Å²) in [6.07, 6.45) is 9.54. The Hall–Kier alpha value is -3.62. The number of thiophene rings is 1. The number of aromatic nitrogens is 2. The fraction of sp³-hybridized carbons (Fsp3) is 0.192. The number of hydrogen-bond donors (Lipinski definition) is 1. The molecule has 178 valence electrons. The van der Waals surface area contributed by atoms with E-state index in [1.807, 2.05) is 58.3 Å². The molecule has 2 amide bonds. The molecule has 0 bridgehead atoms. The predicted molar refractivity (Wildman–Crippen MR) is 137 cm³/mol. The van der Waals surface area contributed by atoms with Gasteiger partial charge in [0.1, 0.15) is 0 Å². The Balaban J connectivity index is 1.36. The molecule has 35 heavy (non-hydrogen) atoms. The highest BCUT2D eigenvalue weighted by atomic mass is 35.5. The van der Waals surface area contributed by atoms with Crippen molar-refractivity contribution < 1.29 is 14.3 Å². The molecule has 4 aromatic rings. The zero-order valence-corrected chi connectivity index (χ0v) is 20.4. The lowest BCUT2D eigenvalue weighted by Gasteiger charge is -2.26. The monoisotopic (exact) mass is 506 g/mol. The minimum atomic E-state index is -0.552. The van der Waals surface area contributed by atoms with E-state index in [1.54, 1.807) is 24.5 Å². The molecule has 9 heteroatoms. The summed E-state index contributed by atoms with van der Waals surface area (Å²) < 4.78 is 7.87. The Morgan fingerprint density at radius 1 is 1.09 bits per heavy atom. The van der Waals surface area contributed by atoms with Crippen LogP contribution >= 0.6 is 22.9 Å². The number of nitrogens with one attached hydrogen (secondary N) is 1. The molecule has 3 aromatic heterocycles. The second-order valence-corrected chi connectivity index (χ2v) is 9.84. The normalized spacial score (nSPS) is 13.6. The van der Waals surface area contributed by atoms with Gasteiger partial charge in [-0.25, -0.2) is 4.79 Å². The molecule has 0 saturated carbocycles. The van der Waals surface area contributed by atoms with Crippen LogP contribution in [0.25, 0.3) is 16.8 Å². The number of anilines is 1. The number of carbonyl (C=O) groups excluding carboxylic acids is 2. The summed E-state index contributed by atoms with van der Waals surface area (Å²) in [4.78, 5) is 30.7. The molecule has 4 heterocycles. The lowest BCUT2D eigenvalue weighted by atomic mass is 10.1. The lowest BCUT2D eigenvalue weighted by molar-refractivity contribution is -0.119. The van der Waals surface area contributed by atoms with Gasteiger partial charge >= 0.3 is 6.09 Å². The van der Waals surface area contributed by atoms with E-state index in [1.165, 1.54) is 11.3 Å². The maximum Gasteiger partial charge on any atom is 0.413 e. The van der Waals surface area contributed by atoms with Crippen molar-refractivity contribution in [3.63, 3.8) is 0 Å². The average molecular weight is 507 g/mol. The molecule has 1 aliphatic rings. The molecule has 0 radical (unpaired) electrons. The fourth-order valence-electron chi connectivity index (χ4n) is 4.10. The van der Waals surface area contributed by atoms with Crippen molar-refractivity contribution in [2.45, 2.75) is 25.8 Å². The van der Waals surface area contributed by atoms with Gasteiger partial charge < -0.3 is 19.5 Å². The van der Waals surface area contributed by atoms with Crippen molar-refractivity contribution in [3.8, 4) is 21.9 Å². The molecule has 0 aliphatic carbocycles. The third-order valence-corrected chi connectivity index (χ3v) is 6.94. The summed E-state index contributed by atoms with van der Waals surface area (Å²) in [7, 11) is 0. The van der Waals surface area contributed by atoms with Crippen molar-refractivity contribution in [3.05, 3.63) is 83.2 Å². The topological polar surface area (TPSA) is 76.5 Å². The van der Waals surface area contributed by atoms with Crippen LogP contribution in [0.4, 0.5) is 10.5 Å². The molecular formula is C26H23ClN4O3S. The standard InChI is InChI=1S/C26H23ClN4O3S/c27-23-10-11-25(35-23)34-26(33)29-15-19-16-30(17-22(19)18-4-3-12-28-14-18)20-6-8-21(9-7-20)31-13-2-1-5-24(31)32/h3-4,6-12,14,16-17H,1-2,5,13,15H2,(H,29,33). The molecule has 1 N–H and O–H groups in total. The molecular weight excluding hydrogens is 484 g/mol. The van der Waals surface area contributed by atoms with Gasteiger partial charge in [-0.2, -0.15) is 0 Å². The highest BCUT2D eigenvalue weighted by molar-refractivity contribution is 7.17. The van der Waals surface area contributed by atoms with Crippen LogP contribution in [0.2, 0.25) is 4.34 Å². The van der Waals surface area contributed by atoms with Gasteiger partial charge in [-0.3, -0.25) is 9.78 Å². The zero-order chi connectivity index (χ0) is 24.2. The van der Waals surface area contributed by atoms with Gasteiger partial charge in [0.2, 0.25) is 5.91 Å². The quantitative estimate of drug-likeness (QED) is 0.345. The Morgan fingerprint density at radius 2 is 1.91 bits per heavy atom. The minimum Gasteiger partial charge on any atom is -0.399 e. The number of nitrogens with zero attached hydrogens (tertiary/aromatic N) is 3. The molecule has 0 unspecified atom stereocenters. The Kier molecular flexibility index (Phi) is 6.83. The van der Waals surface area contributed by atoms with E-state index in [0.717, 1.165) is 47.5 Å². The van der Waals surface area contributed by atoms with Crippen LogP contribution in [0, 0.1) is 0 Å². The molecule has 1 aromatic carbocycles.